The van der Waals surface area contributed by atoms with Crippen LogP contribution in [0, 0.1) is 0 Å². The fourth-order valence-corrected chi connectivity index (χ4v) is 8.59. The maximum Gasteiger partial charge on any atom is 0.238 e. The molecule has 0 saturated carbocycles. The second-order valence-electron chi connectivity index (χ2n) is 14.4. The maximum atomic E-state index is 6.33. The summed E-state index contributed by atoms with van der Waals surface area (Å²) in [5, 5.41) is 6.72. The predicted molar refractivity (Wildman–Crippen MR) is 232 cm³/mol. The van der Waals surface area contributed by atoms with Crippen LogP contribution < -0.4 is 0 Å². The number of aromatic nitrogens is 5. The second-order valence-corrected chi connectivity index (χ2v) is 14.4. The third-order valence-electron chi connectivity index (χ3n) is 11.2. The molecule has 12 rings (SSSR count). The van der Waals surface area contributed by atoms with Crippen molar-refractivity contribution in [2.24, 2.45) is 0 Å². The molecule has 0 bridgehead atoms. The van der Waals surface area contributed by atoms with Gasteiger partial charge in [-0.3, -0.25) is 4.57 Å². The molecule has 0 radical (unpaired) electrons. The maximum absolute atomic E-state index is 6.33. The zero-order valence-electron chi connectivity index (χ0n) is 30.5. The van der Waals surface area contributed by atoms with E-state index in [-0.39, 0.29) is 0 Å². The van der Waals surface area contributed by atoms with Crippen molar-refractivity contribution in [3.8, 4) is 45.5 Å². The molecule has 4 aromatic heterocycles. The first kappa shape index (κ1) is 31.5. The normalized spacial score (nSPS) is 11.9. The van der Waals surface area contributed by atoms with E-state index in [0.717, 1.165) is 77.0 Å². The van der Waals surface area contributed by atoms with Crippen molar-refractivity contribution in [1.82, 2.24) is 24.1 Å². The lowest BCUT2D eigenvalue weighted by Crippen LogP contribution is -2.07. The Morgan fingerprint density at radius 1 is 0.333 bits per heavy atom. The van der Waals surface area contributed by atoms with Crippen LogP contribution in [0.2, 0.25) is 0 Å². The summed E-state index contributed by atoms with van der Waals surface area (Å²) in [6, 6.07) is 65.6. The summed E-state index contributed by atoms with van der Waals surface area (Å²) < 4.78 is 11.0. The molecule has 0 atom stereocenters. The van der Waals surface area contributed by atoms with E-state index >= 15 is 0 Å². The monoisotopic (exact) mass is 729 g/mol. The van der Waals surface area contributed by atoms with Crippen LogP contribution >= 0.6 is 0 Å². The fourth-order valence-electron chi connectivity index (χ4n) is 8.59. The molecule has 0 fully saturated rings. The van der Waals surface area contributed by atoms with E-state index in [1.807, 2.05) is 54.6 Å². The van der Waals surface area contributed by atoms with Crippen molar-refractivity contribution in [2.75, 3.05) is 0 Å². The van der Waals surface area contributed by atoms with Crippen LogP contribution in [-0.2, 0) is 0 Å². The number of nitrogens with zero attached hydrogens (tertiary/aromatic N) is 5. The average molecular weight is 730 g/mol. The van der Waals surface area contributed by atoms with Crippen LogP contribution in [0.3, 0.4) is 0 Å². The van der Waals surface area contributed by atoms with Gasteiger partial charge in [-0.2, -0.15) is 9.97 Å². The Hall–Kier alpha value is -7.83. The molecular formula is C51H31N5O. The topological polar surface area (TPSA) is 61.7 Å². The Labute approximate surface area is 326 Å². The Kier molecular flexibility index (Phi) is 6.83. The molecule has 6 nitrogen and oxygen atoms in total. The van der Waals surface area contributed by atoms with Gasteiger partial charge in [-0.1, -0.05) is 146 Å². The van der Waals surface area contributed by atoms with E-state index < -0.39 is 0 Å². The van der Waals surface area contributed by atoms with E-state index in [4.69, 9.17) is 19.4 Å². The number of furan rings is 1. The molecule has 8 aromatic carbocycles. The first-order chi connectivity index (χ1) is 28.3. The fraction of sp³-hybridized carbons (Fsp3) is 0. The van der Waals surface area contributed by atoms with Crippen molar-refractivity contribution in [3.63, 3.8) is 0 Å². The minimum Gasteiger partial charge on any atom is -0.456 e. The Bertz CT molecular complexity index is 3510. The summed E-state index contributed by atoms with van der Waals surface area (Å²) in [7, 11) is 0. The highest BCUT2D eigenvalue weighted by Crippen LogP contribution is 2.42. The van der Waals surface area contributed by atoms with Gasteiger partial charge >= 0.3 is 0 Å². The Morgan fingerprint density at radius 2 is 0.825 bits per heavy atom. The van der Waals surface area contributed by atoms with Crippen molar-refractivity contribution in [1.29, 1.82) is 0 Å². The molecule has 0 aliphatic carbocycles. The molecule has 0 amide bonds. The van der Waals surface area contributed by atoms with Gasteiger partial charge in [0, 0.05) is 49.1 Å². The summed E-state index contributed by atoms with van der Waals surface area (Å²) in [5.74, 6) is 1.70. The SMILES string of the molecule is c1ccc(-c2ccc(-n3c4ccccc4c4ccc5c6ccccc6n(-c6nc(-c7ccccc7)nc(-c7ccc8c(c7)oc7ccccc78)n6)c5c43)cc2)cc1. The molecule has 266 valence electrons. The van der Waals surface area contributed by atoms with Crippen LogP contribution in [0.15, 0.2) is 192 Å². The number of benzene rings is 8. The van der Waals surface area contributed by atoms with Gasteiger partial charge in [0.15, 0.2) is 11.6 Å². The highest BCUT2D eigenvalue weighted by atomic mass is 16.3. The van der Waals surface area contributed by atoms with Gasteiger partial charge < -0.3 is 8.98 Å². The van der Waals surface area contributed by atoms with Crippen LogP contribution in [0.25, 0.3) is 111 Å². The number of hydrogen-bond donors (Lipinski definition) is 0. The quantitative estimate of drug-likeness (QED) is 0.177. The zero-order chi connectivity index (χ0) is 37.5. The van der Waals surface area contributed by atoms with Crippen molar-refractivity contribution in [3.05, 3.63) is 188 Å². The molecule has 0 aliphatic heterocycles. The molecule has 0 saturated heterocycles. The van der Waals surface area contributed by atoms with E-state index in [0.29, 0.717) is 17.6 Å². The van der Waals surface area contributed by atoms with Crippen LogP contribution in [0.5, 0.6) is 0 Å². The smallest absolute Gasteiger partial charge is 0.238 e. The third kappa shape index (κ3) is 4.87. The first-order valence-electron chi connectivity index (χ1n) is 19.1. The minimum absolute atomic E-state index is 0.540. The standard InChI is InChI=1S/C51H31N5O/c1-3-13-32(14-4-1)33-23-26-36(27-24-33)55-43-20-10-7-17-37(43)41-29-30-42-38-18-8-11-21-44(38)56(48(42)47(41)55)51-53-49(34-15-5-2-6-16-34)52-50(54-51)35-25-28-40-39-19-9-12-22-45(39)57-46(40)31-35/h1-31H. The predicted octanol–water partition coefficient (Wildman–Crippen LogP) is 13.0. The van der Waals surface area contributed by atoms with Crippen LogP contribution in [0.4, 0.5) is 0 Å². The lowest BCUT2D eigenvalue weighted by Gasteiger charge is -2.13. The number of fused-ring (bicyclic) bond motifs is 10. The van der Waals surface area contributed by atoms with E-state index in [9.17, 15) is 0 Å². The first-order valence-corrected chi connectivity index (χ1v) is 19.1. The number of rotatable bonds is 5. The number of para-hydroxylation sites is 3. The molecular weight excluding hydrogens is 699 g/mol. The lowest BCUT2D eigenvalue weighted by atomic mass is 10.1. The van der Waals surface area contributed by atoms with Gasteiger partial charge in [-0.15, -0.1) is 0 Å². The minimum atomic E-state index is 0.540. The summed E-state index contributed by atoms with van der Waals surface area (Å²) in [6.45, 7) is 0. The largest absolute Gasteiger partial charge is 0.456 e. The van der Waals surface area contributed by atoms with Gasteiger partial charge in [0.1, 0.15) is 11.2 Å². The Balaban J connectivity index is 1.17. The van der Waals surface area contributed by atoms with Gasteiger partial charge in [0.25, 0.3) is 0 Å². The van der Waals surface area contributed by atoms with Crippen LogP contribution in [-0.4, -0.2) is 24.1 Å². The van der Waals surface area contributed by atoms with Gasteiger partial charge in [-0.25, -0.2) is 4.98 Å². The van der Waals surface area contributed by atoms with Gasteiger partial charge in [0.05, 0.1) is 22.1 Å². The van der Waals surface area contributed by atoms with Crippen LogP contribution in [0.1, 0.15) is 0 Å². The summed E-state index contributed by atoms with van der Waals surface area (Å²) >= 11 is 0. The molecule has 0 spiro atoms. The molecule has 0 unspecified atom stereocenters. The van der Waals surface area contributed by atoms with Crippen molar-refractivity contribution >= 4 is 65.6 Å². The molecule has 0 aliphatic rings. The number of hydrogen-bond acceptors (Lipinski definition) is 4. The van der Waals surface area contributed by atoms with Gasteiger partial charge in [-0.05, 0) is 53.6 Å². The molecule has 4 heterocycles. The molecule has 0 N–H and O–H groups in total. The summed E-state index contributed by atoms with van der Waals surface area (Å²) in [5.41, 5.74) is 11.1. The van der Waals surface area contributed by atoms with E-state index in [1.165, 1.54) is 16.5 Å². The molecule has 12 aromatic rings. The van der Waals surface area contributed by atoms with E-state index in [1.54, 1.807) is 0 Å². The summed E-state index contributed by atoms with van der Waals surface area (Å²) in [4.78, 5) is 15.7. The summed E-state index contributed by atoms with van der Waals surface area (Å²) in [6.07, 6.45) is 0. The van der Waals surface area contributed by atoms with Crippen molar-refractivity contribution in [2.45, 2.75) is 0 Å². The zero-order valence-corrected chi connectivity index (χ0v) is 30.5. The lowest BCUT2D eigenvalue weighted by molar-refractivity contribution is 0.669. The van der Waals surface area contributed by atoms with Crippen molar-refractivity contribution < 1.29 is 4.42 Å². The Morgan fingerprint density at radius 3 is 1.53 bits per heavy atom. The van der Waals surface area contributed by atoms with Gasteiger partial charge in [0.2, 0.25) is 5.95 Å². The highest BCUT2D eigenvalue weighted by molar-refractivity contribution is 6.23. The van der Waals surface area contributed by atoms with E-state index in [2.05, 4.69) is 143 Å². The third-order valence-corrected chi connectivity index (χ3v) is 11.2. The second kappa shape index (κ2) is 12.3. The molecule has 6 heteroatoms. The highest BCUT2D eigenvalue weighted by Gasteiger charge is 2.23. The molecule has 57 heavy (non-hydrogen) atoms. The average Bonchev–Trinajstić information content (AvgIpc) is 3.94.